The van der Waals surface area contributed by atoms with Crippen molar-refractivity contribution >= 4 is 17.5 Å². The summed E-state index contributed by atoms with van der Waals surface area (Å²) in [6, 6.07) is 7.98. The molecule has 0 spiro atoms. The van der Waals surface area contributed by atoms with Crippen molar-refractivity contribution < 1.29 is 9.53 Å². The van der Waals surface area contributed by atoms with Crippen LogP contribution in [0.2, 0.25) is 0 Å². The number of aromatic nitrogens is 3. The van der Waals surface area contributed by atoms with Gasteiger partial charge in [-0.15, -0.1) is 16.7 Å². The summed E-state index contributed by atoms with van der Waals surface area (Å²) in [6.07, 6.45) is 1.93. The Labute approximate surface area is 148 Å². The molecule has 1 heterocycles. The Hall–Kier alpha value is -1.88. The van der Waals surface area contributed by atoms with Gasteiger partial charge in [-0.2, -0.15) is 9.67 Å². The van der Waals surface area contributed by atoms with Gasteiger partial charge in [-0.05, 0) is 32.8 Å². The Morgan fingerprint density at radius 1 is 1.33 bits per heavy atom. The Bertz CT molecular complexity index is 710. The lowest BCUT2D eigenvalue weighted by Crippen LogP contribution is -2.32. The fraction of sp³-hybridized carbons (Fsp3) is 0.500. The fourth-order valence-electron chi connectivity index (χ4n) is 2.15. The van der Waals surface area contributed by atoms with Crippen LogP contribution in [0.1, 0.15) is 44.0 Å². The van der Waals surface area contributed by atoms with Gasteiger partial charge in [0.15, 0.2) is 5.82 Å². The van der Waals surface area contributed by atoms with E-state index in [9.17, 15) is 4.79 Å². The molecule has 0 N–H and O–H groups in total. The van der Waals surface area contributed by atoms with Crippen molar-refractivity contribution in [1.29, 1.82) is 0 Å². The topological polar surface area (TPSA) is 57.0 Å². The summed E-state index contributed by atoms with van der Waals surface area (Å²) in [5.74, 6) is 0.488. The summed E-state index contributed by atoms with van der Waals surface area (Å²) in [7, 11) is 0. The molecule has 24 heavy (non-hydrogen) atoms. The van der Waals surface area contributed by atoms with Crippen molar-refractivity contribution in [2.45, 2.75) is 40.5 Å². The first-order chi connectivity index (χ1) is 11.4. The minimum atomic E-state index is -0.743. The first-order valence-electron chi connectivity index (χ1n) is 8.17. The first kappa shape index (κ1) is 18.5. The predicted molar refractivity (Wildman–Crippen MR) is 95.7 cm³/mol. The summed E-state index contributed by atoms with van der Waals surface area (Å²) >= 11 is 5.96. The lowest BCUT2D eigenvalue weighted by Gasteiger charge is -2.19. The van der Waals surface area contributed by atoms with Crippen LogP contribution < -0.4 is 4.74 Å². The van der Waals surface area contributed by atoms with Gasteiger partial charge in [0.25, 0.3) is 5.91 Å². The number of alkyl halides is 1. The average Bonchev–Trinajstić information content (AvgIpc) is 2.98. The summed E-state index contributed by atoms with van der Waals surface area (Å²) in [5, 5.41) is 4.29. The molecule has 0 aliphatic heterocycles. The van der Waals surface area contributed by atoms with Crippen molar-refractivity contribution in [2.24, 2.45) is 5.41 Å². The lowest BCUT2D eigenvalue weighted by molar-refractivity contribution is 0.0752. The number of carbonyl (C=O) groups is 1. The standard InChI is InChI=1S/C18H24ClN3O2/c1-5-6-11-24-17-20-15(14-10-8-7-9-13(14)2)22(21-17)16(23)18(3,4)12-19/h7-10H,5-6,11-12H2,1-4H3. The summed E-state index contributed by atoms with van der Waals surface area (Å²) in [5.41, 5.74) is 1.13. The molecule has 0 radical (unpaired) electrons. The molecule has 0 bridgehead atoms. The lowest BCUT2D eigenvalue weighted by atomic mass is 9.95. The maximum absolute atomic E-state index is 12.9. The number of hydrogen-bond acceptors (Lipinski definition) is 4. The quantitative estimate of drug-likeness (QED) is 0.551. The molecule has 0 amide bonds. The van der Waals surface area contributed by atoms with E-state index in [-0.39, 0.29) is 17.8 Å². The number of halogens is 1. The maximum atomic E-state index is 12.9. The molecule has 6 heteroatoms. The fourth-order valence-corrected chi connectivity index (χ4v) is 2.26. The predicted octanol–water partition coefficient (Wildman–Crippen LogP) is 4.34. The van der Waals surface area contributed by atoms with Gasteiger partial charge in [0.2, 0.25) is 0 Å². The Balaban J connectivity index is 2.47. The van der Waals surface area contributed by atoms with Gasteiger partial charge in [-0.25, -0.2) is 0 Å². The number of rotatable bonds is 7. The zero-order valence-electron chi connectivity index (χ0n) is 14.7. The Morgan fingerprint density at radius 3 is 2.67 bits per heavy atom. The third-order valence-corrected chi connectivity index (χ3v) is 4.48. The molecule has 1 aromatic heterocycles. The molecule has 0 unspecified atom stereocenters. The van der Waals surface area contributed by atoms with Crippen molar-refractivity contribution in [1.82, 2.24) is 14.8 Å². The second kappa shape index (κ2) is 7.79. The molecule has 0 aliphatic rings. The van der Waals surface area contributed by atoms with E-state index >= 15 is 0 Å². The number of hydrogen-bond donors (Lipinski definition) is 0. The first-order valence-corrected chi connectivity index (χ1v) is 8.70. The van der Waals surface area contributed by atoms with Crippen LogP contribution in [0, 0.1) is 12.3 Å². The number of aryl methyl sites for hydroxylation is 1. The number of ether oxygens (including phenoxy) is 1. The number of nitrogens with zero attached hydrogens (tertiary/aromatic N) is 3. The zero-order chi connectivity index (χ0) is 17.7. The van der Waals surface area contributed by atoms with Crippen LogP contribution in [-0.2, 0) is 0 Å². The molecule has 2 rings (SSSR count). The van der Waals surface area contributed by atoms with Crippen LogP contribution in [-0.4, -0.2) is 33.2 Å². The molecular weight excluding hydrogens is 326 g/mol. The van der Waals surface area contributed by atoms with E-state index < -0.39 is 5.41 Å². The van der Waals surface area contributed by atoms with Gasteiger partial charge >= 0.3 is 6.01 Å². The van der Waals surface area contributed by atoms with Crippen molar-refractivity contribution in [3.05, 3.63) is 29.8 Å². The molecular formula is C18H24ClN3O2. The third-order valence-electron chi connectivity index (χ3n) is 3.81. The van der Waals surface area contributed by atoms with E-state index in [0.717, 1.165) is 24.0 Å². The zero-order valence-corrected chi connectivity index (χ0v) is 15.4. The molecule has 5 nitrogen and oxygen atoms in total. The van der Waals surface area contributed by atoms with Gasteiger partial charge in [0.1, 0.15) is 0 Å². The van der Waals surface area contributed by atoms with Gasteiger partial charge in [-0.3, -0.25) is 4.79 Å². The largest absolute Gasteiger partial charge is 0.462 e. The Kier molecular flexibility index (Phi) is 5.99. The second-order valence-corrected chi connectivity index (χ2v) is 6.74. The highest BCUT2D eigenvalue weighted by Crippen LogP contribution is 2.27. The van der Waals surface area contributed by atoms with Crippen molar-refractivity contribution in [3.8, 4) is 17.4 Å². The third kappa shape index (κ3) is 3.96. The summed E-state index contributed by atoms with van der Waals surface area (Å²) in [6.45, 7) is 8.18. The summed E-state index contributed by atoms with van der Waals surface area (Å²) < 4.78 is 6.92. The van der Waals surface area contributed by atoms with E-state index in [1.165, 1.54) is 4.68 Å². The highest BCUT2D eigenvalue weighted by Gasteiger charge is 2.32. The Morgan fingerprint density at radius 2 is 2.04 bits per heavy atom. The van der Waals surface area contributed by atoms with Crippen LogP contribution >= 0.6 is 11.6 Å². The molecule has 0 atom stereocenters. The number of unbranched alkanes of at least 4 members (excludes halogenated alkanes) is 1. The van der Waals surface area contributed by atoms with Crippen molar-refractivity contribution in [2.75, 3.05) is 12.5 Å². The van der Waals surface area contributed by atoms with Crippen LogP contribution in [0.15, 0.2) is 24.3 Å². The highest BCUT2D eigenvalue weighted by molar-refractivity contribution is 6.20. The molecule has 0 aliphatic carbocycles. The van der Waals surface area contributed by atoms with Crippen LogP contribution in [0.25, 0.3) is 11.4 Å². The van der Waals surface area contributed by atoms with Gasteiger partial charge in [0.05, 0.1) is 12.0 Å². The van der Waals surface area contributed by atoms with E-state index in [2.05, 4.69) is 17.0 Å². The van der Waals surface area contributed by atoms with Crippen LogP contribution in [0.4, 0.5) is 0 Å². The normalized spacial score (nSPS) is 11.5. The van der Waals surface area contributed by atoms with Gasteiger partial charge < -0.3 is 4.74 Å². The number of benzene rings is 1. The van der Waals surface area contributed by atoms with E-state index in [1.54, 1.807) is 13.8 Å². The molecule has 0 fully saturated rings. The van der Waals surface area contributed by atoms with E-state index in [0.29, 0.717) is 12.4 Å². The molecule has 0 saturated carbocycles. The smallest absolute Gasteiger partial charge is 0.336 e. The molecule has 1 aromatic carbocycles. The second-order valence-electron chi connectivity index (χ2n) is 6.47. The van der Waals surface area contributed by atoms with Gasteiger partial charge in [0, 0.05) is 11.4 Å². The van der Waals surface area contributed by atoms with E-state index in [1.807, 2.05) is 31.2 Å². The molecule has 0 saturated heterocycles. The molecule has 130 valence electrons. The highest BCUT2D eigenvalue weighted by atomic mass is 35.5. The minimum Gasteiger partial charge on any atom is -0.462 e. The average molecular weight is 350 g/mol. The van der Waals surface area contributed by atoms with Crippen LogP contribution in [0.3, 0.4) is 0 Å². The maximum Gasteiger partial charge on any atom is 0.336 e. The minimum absolute atomic E-state index is 0.199. The number of carbonyl (C=O) groups excluding carboxylic acids is 1. The van der Waals surface area contributed by atoms with Crippen LogP contribution in [0.5, 0.6) is 6.01 Å². The SMILES string of the molecule is CCCCOc1nc(-c2ccccc2C)n(C(=O)C(C)(C)CCl)n1. The summed E-state index contributed by atoms with van der Waals surface area (Å²) in [4.78, 5) is 17.3. The van der Waals surface area contributed by atoms with Gasteiger partial charge in [-0.1, -0.05) is 37.6 Å². The van der Waals surface area contributed by atoms with E-state index in [4.69, 9.17) is 16.3 Å². The molecule has 2 aromatic rings. The van der Waals surface area contributed by atoms with Crippen molar-refractivity contribution in [3.63, 3.8) is 0 Å². The monoisotopic (exact) mass is 349 g/mol.